The van der Waals surface area contributed by atoms with Gasteiger partial charge in [-0.2, -0.15) is 5.10 Å². The first kappa shape index (κ1) is 15.5. The zero-order valence-electron chi connectivity index (χ0n) is 12.8. The van der Waals surface area contributed by atoms with E-state index >= 15 is 0 Å². The average molecular weight is 302 g/mol. The molecule has 1 unspecified atom stereocenters. The number of benzene rings is 1. The lowest BCUT2D eigenvalue weighted by Crippen LogP contribution is -2.31. The number of hydrogen-bond donors (Lipinski definition) is 2. The van der Waals surface area contributed by atoms with Gasteiger partial charge in [0.15, 0.2) is 5.11 Å². The van der Waals surface area contributed by atoms with Crippen molar-refractivity contribution in [2.45, 2.75) is 33.2 Å². The van der Waals surface area contributed by atoms with E-state index in [9.17, 15) is 0 Å². The van der Waals surface area contributed by atoms with E-state index in [0.717, 1.165) is 18.5 Å². The SMILES string of the molecule is CCNC(=S)NN=Cc1cn(C(C)CC)c2ccccc12. The average Bonchev–Trinajstić information content (AvgIpc) is 2.86. The Balaban J connectivity index is 2.28. The molecule has 1 atom stereocenters. The van der Waals surface area contributed by atoms with Crippen LogP contribution in [0.15, 0.2) is 35.6 Å². The van der Waals surface area contributed by atoms with Crippen LogP contribution >= 0.6 is 12.2 Å². The van der Waals surface area contributed by atoms with Gasteiger partial charge in [-0.05, 0) is 38.6 Å². The molecular weight excluding hydrogens is 280 g/mol. The highest BCUT2D eigenvalue weighted by Crippen LogP contribution is 2.24. The minimum atomic E-state index is 0.466. The van der Waals surface area contributed by atoms with Crippen LogP contribution in [0.5, 0.6) is 0 Å². The molecule has 1 heterocycles. The first-order valence-corrected chi connectivity index (χ1v) is 7.74. The van der Waals surface area contributed by atoms with Gasteiger partial charge in [-0.15, -0.1) is 0 Å². The van der Waals surface area contributed by atoms with Gasteiger partial charge >= 0.3 is 0 Å². The third-order valence-corrected chi connectivity index (χ3v) is 3.78. The minimum Gasteiger partial charge on any atom is -0.362 e. The van der Waals surface area contributed by atoms with Crippen LogP contribution in [0.4, 0.5) is 0 Å². The van der Waals surface area contributed by atoms with Crippen LogP contribution in [0, 0.1) is 0 Å². The summed E-state index contributed by atoms with van der Waals surface area (Å²) in [5.41, 5.74) is 5.16. The molecule has 0 radical (unpaired) electrons. The van der Waals surface area contributed by atoms with Gasteiger partial charge < -0.3 is 9.88 Å². The molecule has 2 aromatic rings. The summed E-state index contributed by atoms with van der Waals surface area (Å²) in [5, 5.41) is 8.97. The van der Waals surface area contributed by atoms with Gasteiger partial charge in [-0.3, -0.25) is 5.43 Å². The summed E-state index contributed by atoms with van der Waals surface area (Å²) in [7, 11) is 0. The zero-order valence-corrected chi connectivity index (χ0v) is 13.6. The summed E-state index contributed by atoms with van der Waals surface area (Å²) in [6.07, 6.45) is 5.07. The van der Waals surface area contributed by atoms with Crippen molar-refractivity contribution in [3.8, 4) is 0 Å². The topological polar surface area (TPSA) is 41.4 Å². The number of fused-ring (bicyclic) bond motifs is 1. The fourth-order valence-corrected chi connectivity index (χ4v) is 2.45. The van der Waals surface area contributed by atoms with Crippen molar-refractivity contribution in [3.05, 3.63) is 36.0 Å². The number of hydrazone groups is 1. The molecule has 0 bridgehead atoms. The van der Waals surface area contributed by atoms with E-state index in [1.54, 1.807) is 0 Å². The summed E-state index contributed by atoms with van der Waals surface area (Å²) in [4.78, 5) is 0. The van der Waals surface area contributed by atoms with Crippen LogP contribution in [0.2, 0.25) is 0 Å². The first-order chi connectivity index (χ1) is 10.2. The molecule has 0 aliphatic carbocycles. The third-order valence-electron chi connectivity index (χ3n) is 3.54. The smallest absolute Gasteiger partial charge is 0.186 e. The molecule has 4 nitrogen and oxygen atoms in total. The molecule has 1 aromatic heterocycles. The summed E-state index contributed by atoms with van der Waals surface area (Å²) in [6, 6.07) is 8.86. The number of thiocarbonyl (C=S) groups is 1. The fourth-order valence-electron chi connectivity index (χ4n) is 2.26. The Morgan fingerprint density at radius 2 is 2.14 bits per heavy atom. The Hall–Kier alpha value is -1.88. The second-order valence-electron chi connectivity index (χ2n) is 5.00. The van der Waals surface area contributed by atoms with E-state index in [0.29, 0.717) is 11.2 Å². The minimum absolute atomic E-state index is 0.466. The van der Waals surface area contributed by atoms with E-state index in [1.165, 1.54) is 10.9 Å². The van der Waals surface area contributed by atoms with Crippen LogP contribution in [-0.4, -0.2) is 22.4 Å². The Morgan fingerprint density at radius 3 is 2.86 bits per heavy atom. The summed E-state index contributed by atoms with van der Waals surface area (Å²) >= 11 is 5.09. The zero-order chi connectivity index (χ0) is 15.2. The molecule has 5 heteroatoms. The van der Waals surface area contributed by atoms with Gasteiger partial charge in [0.05, 0.1) is 6.21 Å². The fraction of sp³-hybridized carbons (Fsp3) is 0.375. The van der Waals surface area contributed by atoms with E-state index in [-0.39, 0.29) is 0 Å². The number of aromatic nitrogens is 1. The summed E-state index contributed by atoms with van der Waals surface area (Å²) in [6.45, 7) is 7.21. The number of nitrogens with one attached hydrogen (secondary N) is 2. The molecule has 0 aliphatic rings. The Labute approximate surface area is 131 Å². The van der Waals surface area contributed by atoms with Crippen molar-refractivity contribution < 1.29 is 0 Å². The Bertz CT molecular complexity index is 645. The maximum absolute atomic E-state index is 5.09. The molecule has 1 aromatic carbocycles. The number of rotatable bonds is 5. The molecule has 112 valence electrons. The van der Waals surface area contributed by atoms with Crippen molar-refractivity contribution in [2.75, 3.05) is 6.54 Å². The second kappa shape index (κ2) is 7.22. The van der Waals surface area contributed by atoms with Crippen molar-refractivity contribution >= 4 is 34.4 Å². The van der Waals surface area contributed by atoms with Crippen LogP contribution < -0.4 is 10.7 Å². The van der Waals surface area contributed by atoms with Crippen LogP contribution in [0.3, 0.4) is 0 Å². The highest BCUT2D eigenvalue weighted by atomic mass is 32.1. The monoisotopic (exact) mass is 302 g/mol. The molecule has 0 spiro atoms. The molecule has 21 heavy (non-hydrogen) atoms. The lowest BCUT2D eigenvalue weighted by molar-refractivity contribution is 0.548. The largest absolute Gasteiger partial charge is 0.362 e. The summed E-state index contributed by atoms with van der Waals surface area (Å²) in [5.74, 6) is 0. The maximum atomic E-state index is 5.09. The van der Waals surface area contributed by atoms with Gasteiger partial charge in [0.1, 0.15) is 0 Å². The molecule has 0 saturated heterocycles. The third kappa shape index (κ3) is 3.61. The molecule has 0 aliphatic heterocycles. The number of nitrogens with zero attached hydrogens (tertiary/aromatic N) is 2. The molecule has 0 fully saturated rings. The molecule has 2 N–H and O–H groups in total. The van der Waals surface area contributed by atoms with Crippen molar-refractivity contribution in [3.63, 3.8) is 0 Å². The lowest BCUT2D eigenvalue weighted by atomic mass is 10.2. The lowest BCUT2D eigenvalue weighted by Gasteiger charge is -2.12. The van der Waals surface area contributed by atoms with E-state index < -0.39 is 0 Å². The van der Waals surface area contributed by atoms with Crippen molar-refractivity contribution in [2.24, 2.45) is 5.10 Å². The maximum Gasteiger partial charge on any atom is 0.186 e. The van der Waals surface area contributed by atoms with E-state index in [2.05, 4.69) is 64.7 Å². The van der Waals surface area contributed by atoms with Gasteiger partial charge in [0.25, 0.3) is 0 Å². The molecule has 0 amide bonds. The second-order valence-corrected chi connectivity index (χ2v) is 5.40. The quantitative estimate of drug-likeness (QED) is 0.505. The molecule has 0 saturated carbocycles. The van der Waals surface area contributed by atoms with Gasteiger partial charge in [-0.25, -0.2) is 0 Å². The molecular formula is C16H22N4S. The predicted molar refractivity (Wildman–Crippen MR) is 93.9 cm³/mol. The van der Waals surface area contributed by atoms with Gasteiger partial charge in [-0.1, -0.05) is 25.1 Å². The molecule has 2 rings (SSSR count). The van der Waals surface area contributed by atoms with Crippen LogP contribution in [0.1, 0.15) is 38.8 Å². The predicted octanol–water partition coefficient (Wildman–Crippen LogP) is 3.43. The van der Waals surface area contributed by atoms with Crippen molar-refractivity contribution in [1.29, 1.82) is 0 Å². The number of para-hydroxylation sites is 1. The Morgan fingerprint density at radius 1 is 1.38 bits per heavy atom. The number of hydrogen-bond acceptors (Lipinski definition) is 2. The van der Waals surface area contributed by atoms with Crippen LogP contribution in [-0.2, 0) is 0 Å². The standard InChI is InChI=1S/C16H22N4S/c1-4-12(3)20-11-13(10-18-19-16(21)17-5-2)14-8-6-7-9-15(14)20/h6-12H,4-5H2,1-3H3,(H2,17,19,21). The van der Waals surface area contributed by atoms with Crippen molar-refractivity contribution in [1.82, 2.24) is 15.3 Å². The first-order valence-electron chi connectivity index (χ1n) is 7.33. The van der Waals surface area contributed by atoms with E-state index in [1.807, 2.05) is 13.1 Å². The van der Waals surface area contributed by atoms with E-state index in [4.69, 9.17) is 12.2 Å². The Kier molecular flexibility index (Phi) is 5.33. The highest BCUT2D eigenvalue weighted by Gasteiger charge is 2.10. The van der Waals surface area contributed by atoms with Crippen LogP contribution in [0.25, 0.3) is 10.9 Å². The van der Waals surface area contributed by atoms with Gasteiger partial charge in [0.2, 0.25) is 0 Å². The van der Waals surface area contributed by atoms with Gasteiger partial charge in [0, 0.05) is 35.2 Å². The summed E-state index contributed by atoms with van der Waals surface area (Å²) < 4.78 is 2.30. The highest BCUT2D eigenvalue weighted by molar-refractivity contribution is 7.80. The normalized spacial score (nSPS) is 12.7.